The van der Waals surface area contributed by atoms with Crippen LogP contribution in [0.4, 0.5) is 0 Å². The summed E-state index contributed by atoms with van der Waals surface area (Å²) in [4.78, 5) is 12.4. The smallest absolute Gasteiger partial charge is 0.353 e. The Labute approximate surface area is 91.9 Å². The summed E-state index contributed by atoms with van der Waals surface area (Å²) < 4.78 is 0. The summed E-state index contributed by atoms with van der Waals surface area (Å²) in [6.45, 7) is 0. The van der Waals surface area contributed by atoms with Crippen LogP contribution in [0.5, 0.6) is 0 Å². The van der Waals surface area contributed by atoms with Crippen LogP contribution in [0.15, 0.2) is 46.6 Å². The monoisotopic (exact) mass is 229 g/mol. The lowest BCUT2D eigenvalue weighted by Crippen LogP contribution is -2.16. The molecule has 0 bridgehead atoms. The molecule has 0 aliphatic carbocycles. The normalized spacial score (nSPS) is 17.9. The maximum atomic E-state index is 10.8. The van der Waals surface area contributed by atoms with Gasteiger partial charge in [0.1, 0.15) is 5.70 Å². The molecule has 0 unspecified atom stereocenters. The maximum absolute atomic E-state index is 10.8. The highest BCUT2D eigenvalue weighted by Crippen LogP contribution is 2.35. The van der Waals surface area contributed by atoms with Crippen LogP contribution in [0.2, 0.25) is 0 Å². The number of thioether (sulfide) groups is 1. The van der Waals surface area contributed by atoms with Gasteiger partial charge in [0.2, 0.25) is 0 Å². The fourth-order valence-corrected chi connectivity index (χ4v) is 1.99. The zero-order valence-corrected chi connectivity index (χ0v) is 8.72. The quantitative estimate of drug-likeness (QED) is 0.749. The number of carbonyl (C=O) groups is 1. The number of fused-ring (bicyclic) bond motifs is 1. The van der Waals surface area contributed by atoms with Crippen LogP contribution in [0.1, 0.15) is 0 Å². The number of aliphatic carboxylic acids is 1. The van der Waals surface area contributed by atoms with Gasteiger partial charge in [0.25, 0.3) is 0 Å². The molecule has 0 aromatic rings. The van der Waals surface area contributed by atoms with Gasteiger partial charge in [-0.1, -0.05) is 23.9 Å². The van der Waals surface area contributed by atoms with Crippen molar-refractivity contribution in [2.24, 2.45) is 0 Å². The second-order valence-electron chi connectivity index (χ2n) is 2.53. The first-order valence-corrected chi connectivity index (χ1v) is 4.61. The van der Waals surface area contributed by atoms with E-state index in [1.165, 1.54) is 11.8 Å². The van der Waals surface area contributed by atoms with E-state index in [1.807, 2.05) is 24.3 Å². The van der Waals surface area contributed by atoms with E-state index in [9.17, 15) is 4.79 Å². The van der Waals surface area contributed by atoms with Gasteiger partial charge in [-0.3, -0.25) is 0 Å². The second kappa shape index (κ2) is 4.39. The Kier molecular flexibility index (Phi) is 3.43. The largest absolute Gasteiger partial charge is 0.477 e. The van der Waals surface area contributed by atoms with Gasteiger partial charge in [0.15, 0.2) is 0 Å². The summed E-state index contributed by atoms with van der Waals surface area (Å²) in [6.07, 6.45) is 9.20. The first kappa shape index (κ1) is 10.9. The lowest BCUT2D eigenvalue weighted by atomic mass is 10.4. The highest BCUT2D eigenvalue weighted by atomic mass is 35.5. The number of hydrogen-bond acceptors (Lipinski definition) is 3. The fraction of sp³-hybridized carbons (Fsp3) is 0. The third-order valence-electron chi connectivity index (χ3n) is 1.70. The van der Waals surface area contributed by atoms with Gasteiger partial charge in [-0.05, 0) is 12.2 Å². The van der Waals surface area contributed by atoms with Crippen LogP contribution in [-0.4, -0.2) is 16.0 Å². The van der Waals surface area contributed by atoms with Crippen molar-refractivity contribution in [1.29, 1.82) is 0 Å². The van der Waals surface area contributed by atoms with Crippen molar-refractivity contribution in [2.45, 2.75) is 0 Å². The molecule has 2 aliphatic rings. The predicted molar refractivity (Wildman–Crippen MR) is 58.8 cm³/mol. The fourth-order valence-electron chi connectivity index (χ4n) is 1.11. The molecule has 2 heterocycles. The van der Waals surface area contributed by atoms with E-state index in [0.29, 0.717) is 5.70 Å². The van der Waals surface area contributed by atoms with Gasteiger partial charge in [-0.2, -0.15) is 0 Å². The average molecular weight is 230 g/mol. The minimum absolute atomic E-state index is 0. The summed E-state index contributed by atoms with van der Waals surface area (Å²) >= 11 is 1.42. The topological polar surface area (TPSA) is 40.5 Å². The molecule has 0 aromatic heterocycles. The van der Waals surface area contributed by atoms with Crippen molar-refractivity contribution in [3.8, 4) is 0 Å². The van der Waals surface area contributed by atoms with Crippen molar-refractivity contribution < 1.29 is 9.90 Å². The lowest BCUT2D eigenvalue weighted by Gasteiger charge is -2.14. The summed E-state index contributed by atoms with van der Waals surface area (Å²) in [6, 6.07) is 0. The number of carboxylic acids is 1. The van der Waals surface area contributed by atoms with Crippen LogP contribution >= 0.6 is 24.2 Å². The molecule has 5 heteroatoms. The molecule has 0 atom stereocenters. The standard InChI is InChI=1S/C9H7NO2S.ClH/c11-9(12)7-6-13-8-4-2-1-3-5-10(7)8;/h1-6H,(H,11,12);1H. The molecule has 0 spiro atoms. The first-order valence-electron chi connectivity index (χ1n) is 3.73. The molecule has 14 heavy (non-hydrogen) atoms. The van der Waals surface area contributed by atoms with Crippen molar-refractivity contribution in [3.05, 3.63) is 46.6 Å². The highest BCUT2D eigenvalue weighted by Gasteiger charge is 2.24. The van der Waals surface area contributed by atoms with Crippen molar-refractivity contribution in [1.82, 2.24) is 4.90 Å². The van der Waals surface area contributed by atoms with Gasteiger partial charge < -0.3 is 10.0 Å². The Hall–Kier alpha value is -1.13. The third-order valence-corrected chi connectivity index (χ3v) is 2.62. The van der Waals surface area contributed by atoms with Gasteiger partial charge in [-0.25, -0.2) is 4.79 Å². The molecule has 0 saturated carbocycles. The van der Waals surface area contributed by atoms with E-state index in [-0.39, 0.29) is 12.4 Å². The van der Waals surface area contributed by atoms with E-state index in [2.05, 4.69) is 0 Å². The first-order chi connectivity index (χ1) is 6.29. The van der Waals surface area contributed by atoms with E-state index in [4.69, 9.17) is 5.11 Å². The van der Waals surface area contributed by atoms with Crippen LogP contribution in [-0.2, 0) is 4.79 Å². The molecule has 1 N–H and O–H groups in total. The zero-order chi connectivity index (χ0) is 9.26. The molecule has 2 aliphatic heterocycles. The van der Waals surface area contributed by atoms with E-state index in [1.54, 1.807) is 16.5 Å². The highest BCUT2D eigenvalue weighted by molar-refractivity contribution is 8.06. The second-order valence-corrected chi connectivity index (χ2v) is 3.42. The summed E-state index contributed by atoms with van der Waals surface area (Å²) in [7, 11) is 0. The minimum Gasteiger partial charge on any atom is -0.477 e. The number of halogens is 1. The summed E-state index contributed by atoms with van der Waals surface area (Å²) in [5, 5.41) is 11.4. The summed E-state index contributed by atoms with van der Waals surface area (Å²) in [5.41, 5.74) is 0.302. The number of nitrogens with zero attached hydrogens (tertiary/aromatic N) is 1. The SMILES string of the molecule is Cl.O=C(O)C1=CSC2=CC=CC=CN21. The van der Waals surface area contributed by atoms with Gasteiger partial charge in [0.05, 0.1) is 5.03 Å². The molecule has 0 amide bonds. The van der Waals surface area contributed by atoms with Gasteiger partial charge in [-0.15, -0.1) is 12.4 Å². The van der Waals surface area contributed by atoms with Crippen molar-refractivity contribution >= 4 is 30.1 Å². The lowest BCUT2D eigenvalue weighted by molar-refractivity contribution is -0.133. The molecule has 0 fully saturated rings. The van der Waals surface area contributed by atoms with Gasteiger partial charge >= 0.3 is 5.97 Å². The molecule has 3 nitrogen and oxygen atoms in total. The summed E-state index contributed by atoms with van der Waals surface area (Å²) in [5.74, 6) is -0.901. The predicted octanol–water partition coefficient (Wildman–Crippen LogP) is 2.31. The van der Waals surface area contributed by atoms with E-state index in [0.717, 1.165) is 5.03 Å². The minimum atomic E-state index is -0.901. The number of hydrogen-bond donors (Lipinski definition) is 1. The molecule has 0 radical (unpaired) electrons. The Morgan fingerprint density at radius 2 is 2.14 bits per heavy atom. The molecular weight excluding hydrogens is 222 g/mol. The molecule has 0 aromatic carbocycles. The molecular formula is C9H8ClNO2S. The van der Waals surface area contributed by atoms with Crippen LogP contribution < -0.4 is 0 Å². The van der Waals surface area contributed by atoms with Crippen LogP contribution in [0, 0.1) is 0 Å². The molecule has 74 valence electrons. The van der Waals surface area contributed by atoms with Crippen LogP contribution in [0.25, 0.3) is 0 Å². The maximum Gasteiger partial charge on any atom is 0.353 e. The Balaban J connectivity index is 0.000000980. The third kappa shape index (κ3) is 1.86. The Bertz CT molecular complexity index is 371. The average Bonchev–Trinajstić information content (AvgIpc) is 2.36. The number of rotatable bonds is 1. The van der Waals surface area contributed by atoms with Crippen molar-refractivity contribution in [3.63, 3.8) is 0 Å². The molecule has 0 saturated heterocycles. The zero-order valence-electron chi connectivity index (χ0n) is 7.08. The number of allylic oxidation sites excluding steroid dienone is 4. The molecule has 2 rings (SSSR count). The van der Waals surface area contributed by atoms with Crippen LogP contribution in [0.3, 0.4) is 0 Å². The number of carboxylic acid groups (broad SMARTS) is 1. The van der Waals surface area contributed by atoms with E-state index < -0.39 is 5.97 Å². The Morgan fingerprint density at radius 1 is 1.36 bits per heavy atom. The van der Waals surface area contributed by atoms with Gasteiger partial charge in [0, 0.05) is 11.6 Å². The van der Waals surface area contributed by atoms with E-state index >= 15 is 0 Å². The van der Waals surface area contributed by atoms with Crippen molar-refractivity contribution in [2.75, 3.05) is 0 Å². The Morgan fingerprint density at radius 3 is 2.86 bits per heavy atom.